The number of hydrogen-bond acceptors (Lipinski definition) is 3. The molecule has 0 aliphatic rings. The summed E-state index contributed by atoms with van der Waals surface area (Å²) < 4.78 is 5.15. The molecule has 0 saturated carbocycles. The van der Waals surface area contributed by atoms with Crippen LogP contribution in [0.4, 0.5) is 10.5 Å². The fraction of sp³-hybridized carbons (Fsp3) is 0.467. The molecule has 0 heterocycles. The van der Waals surface area contributed by atoms with Crippen LogP contribution >= 0.6 is 0 Å². The van der Waals surface area contributed by atoms with E-state index in [1.165, 1.54) is 0 Å². The van der Waals surface area contributed by atoms with Crippen LogP contribution in [0, 0.1) is 5.92 Å². The number of ketones is 1. The normalized spacial score (nSPS) is 11.3. The molecule has 0 saturated heterocycles. The number of carbonyl (C=O) groups is 2. The fourth-order valence-corrected chi connectivity index (χ4v) is 1.51. The molecule has 1 N–H and O–H groups in total. The second-order valence-electron chi connectivity index (χ2n) is 5.73. The van der Waals surface area contributed by atoms with Crippen LogP contribution in [-0.4, -0.2) is 17.5 Å². The monoisotopic (exact) mass is 263 g/mol. The Hall–Kier alpha value is -1.84. The highest BCUT2D eigenvalue weighted by Crippen LogP contribution is 2.16. The van der Waals surface area contributed by atoms with Crippen LogP contribution in [0.15, 0.2) is 24.3 Å². The summed E-state index contributed by atoms with van der Waals surface area (Å²) in [5.74, 6) is -0.0235. The maximum Gasteiger partial charge on any atom is 0.412 e. The molecule has 4 heteroatoms. The minimum absolute atomic E-state index is 0.0489. The summed E-state index contributed by atoms with van der Waals surface area (Å²) in [6, 6.07) is 6.86. The molecule has 104 valence electrons. The van der Waals surface area contributed by atoms with Crippen molar-refractivity contribution in [3.63, 3.8) is 0 Å². The predicted octanol–water partition coefficient (Wildman–Crippen LogP) is 3.87. The molecule has 0 aliphatic carbocycles. The van der Waals surface area contributed by atoms with Crippen LogP contribution in [0.5, 0.6) is 0 Å². The van der Waals surface area contributed by atoms with E-state index in [1.807, 2.05) is 13.8 Å². The number of rotatable bonds is 3. The highest BCUT2D eigenvalue weighted by atomic mass is 16.6. The van der Waals surface area contributed by atoms with Gasteiger partial charge in [0.15, 0.2) is 5.78 Å². The Morgan fingerprint density at radius 3 is 2.37 bits per heavy atom. The molecule has 0 aliphatic heterocycles. The van der Waals surface area contributed by atoms with Gasteiger partial charge in [0.1, 0.15) is 5.60 Å². The Balaban J connectivity index is 2.78. The van der Waals surface area contributed by atoms with Gasteiger partial charge in [0.2, 0.25) is 0 Å². The molecule has 1 aromatic rings. The molecule has 4 nitrogen and oxygen atoms in total. The quantitative estimate of drug-likeness (QED) is 0.842. The van der Waals surface area contributed by atoms with E-state index >= 15 is 0 Å². The Bertz CT molecular complexity index is 473. The number of carbonyl (C=O) groups excluding carboxylic acids is 2. The van der Waals surface area contributed by atoms with Gasteiger partial charge in [-0.15, -0.1) is 0 Å². The number of benzene rings is 1. The third-order valence-electron chi connectivity index (χ3n) is 2.32. The van der Waals surface area contributed by atoms with Crippen molar-refractivity contribution in [1.29, 1.82) is 0 Å². The smallest absolute Gasteiger partial charge is 0.412 e. The molecule has 0 radical (unpaired) electrons. The van der Waals surface area contributed by atoms with Crippen molar-refractivity contribution in [3.8, 4) is 0 Å². The molecule has 0 atom stereocenters. The molecule has 0 bridgehead atoms. The van der Waals surface area contributed by atoms with Gasteiger partial charge in [0.25, 0.3) is 0 Å². The van der Waals surface area contributed by atoms with Crippen molar-refractivity contribution in [2.24, 2.45) is 5.92 Å². The van der Waals surface area contributed by atoms with Gasteiger partial charge in [-0.25, -0.2) is 4.79 Å². The van der Waals surface area contributed by atoms with Crippen molar-refractivity contribution < 1.29 is 14.3 Å². The Kier molecular flexibility index (Phi) is 4.70. The zero-order valence-electron chi connectivity index (χ0n) is 12.1. The molecular weight excluding hydrogens is 242 g/mol. The summed E-state index contributed by atoms with van der Waals surface area (Å²) in [6.45, 7) is 9.08. The Morgan fingerprint density at radius 2 is 1.84 bits per heavy atom. The predicted molar refractivity (Wildman–Crippen MR) is 75.5 cm³/mol. The average Bonchev–Trinajstić information content (AvgIpc) is 2.25. The first-order valence-electron chi connectivity index (χ1n) is 6.33. The minimum Gasteiger partial charge on any atom is -0.444 e. The van der Waals surface area contributed by atoms with Gasteiger partial charge < -0.3 is 4.74 Å². The number of anilines is 1. The van der Waals surface area contributed by atoms with Crippen LogP contribution in [0.25, 0.3) is 0 Å². The highest BCUT2D eigenvalue weighted by Gasteiger charge is 2.17. The summed E-state index contributed by atoms with van der Waals surface area (Å²) in [4.78, 5) is 23.5. The van der Waals surface area contributed by atoms with Gasteiger partial charge in [-0.05, 0) is 32.9 Å². The van der Waals surface area contributed by atoms with E-state index in [-0.39, 0.29) is 11.7 Å². The standard InChI is InChI=1S/C15H21NO3/c1-10(2)13(17)11-7-6-8-12(9-11)16-14(18)19-15(3,4)5/h6-10H,1-5H3,(H,16,18). The largest absolute Gasteiger partial charge is 0.444 e. The third-order valence-corrected chi connectivity index (χ3v) is 2.32. The van der Waals surface area contributed by atoms with Gasteiger partial charge in [-0.1, -0.05) is 26.0 Å². The van der Waals surface area contributed by atoms with E-state index in [0.717, 1.165) is 0 Å². The van der Waals surface area contributed by atoms with Crippen molar-refractivity contribution in [1.82, 2.24) is 0 Å². The molecule has 1 rings (SSSR count). The van der Waals surface area contributed by atoms with E-state index < -0.39 is 11.7 Å². The van der Waals surface area contributed by atoms with Crippen LogP contribution in [-0.2, 0) is 4.74 Å². The summed E-state index contributed by atoms with van der Waals surface area (Å²) in [7, 11) is 0. The first-order valence-corrected chi connectivity index (χ1v) is 6.33. The second kappa shape index (κ2) is 5.87. The number of nitrogens with one attached hydrogen (secondary N) is 1. The lowest BCUT2D eigenvalue weighted by Gasteiger charge is -2.19. The van der Waals surface area contributed by atoms with Crippen molar-refractivity contribution in [2.75, 3.05) is 5.32 Å². The van der Waals surface area contributed by atoms with Crippen molar-refractivity contribution >= 4 is 17.6 Å². The molecular formula is C15H21NO3. The SMILES string of the molecule is CC(C)C(=O)c1cccc(NC(=O)OC(C)(C)C)c1. The Labute approximate surface area is 114 Å². The lowest BCUT2D eigenvalue weighted by atomic mass is 10.0. The molecule has 19 heavy (non-hydrogen) atoms. The Morgan fingerprint density at radius 1 is 1.21 bits per heavy atom. The van der Waals surface area contributed by atoms with Crippen LogP contribution in [0.2, 0.25) is 0 Å². The van der Waals surface area contributed by atoms with Crippen molar-refractivity contribution in [3.05, 3.63) is 29.8 Å². The number of amides is 1. The first kappa shape index (κ1) is 15.2. The van der Waals surface area contributed by atoms with Gasteiger partial charge in [-0.3, -0.25) is 10.1 Å². The maximum absolute atomic E-state index is 11.9. The van der Waals surface area contributed by atoms with Crippen molar-refractivity contribution in [2.45, 2.75) is 40.2 Å². The molecule has 0 unspecified atom stereocenters. The van der Waals surface area contributed by atoms with Gasteiger partial charge in [-0.2, -0.15) is 0 Å². The summed E-state index contributed by atoms with van der Waals surface area (Å²) in [6.07, 6.45) is -0.526. The van der Waals surface area contributed by atoms with Gasteiger partial charge in [0.05, 0.1) is 0 Å². The average molecular weight is 263 g/mol. The molecule has 0 spiro atoms. The molecule has 0 fully saturated rings. The number of Topliss-reactive ketones (excluding diaryl/α,β-unsaturated/α-hetero) is 1. The number of ether oxygens (including phenoxy) is 1. The zero-order valence-corrected chi connectivity index (χ0v) is 12.1. The summed E-state index contributed by atoms with van der Waals surface area (Å²) >= 11 is 0. The highest BCUT2D eigenvalue weighted by molar-refractivity contribution is 5.99. The summed E-state index contributed by atoms with van der Waals surface area (Å²) in [5, 5.41) is 2.62. The van der Waals surface area contributed by atoms with E-state index in [4.69, 9.17) is 4.74 Å². The van der Waals surface area contributed by atoms with Crippen LogP contribution in [0.3, 0.4) is 0 Å². The van der Waals surface area contributed by atoms with Crippen LogP contribution < -0.4 is 5.32 Å². The zero-order chi connectivity index (χ0) is 14.6. The second-order valence-corrected chi connectivity index (χ2v) is 5.73. The first-order chi connectivity index (χ1) is 8.69. The molecule has 1 aromatic carbocycles. The summed E-state index contributed by atoms with van der Waals surface area (Å²) in [5.41, 5.74) is 0.597. The maximum atomic E-state index is 11.9. The lowest BCUT2D eigenvalue weighted by Crippen LogP contribution is -2.27. The fourth-order valence-electron chi connectivity index (χ4n) is 1.51. The molecule has 1 amide bonds. The lowest BCUT2D eigenvalue weighted by molar-refractivity contribution is 0.0635. The van der Waals surface area contributed by atoms with E-state index in [9.17, 15) is 9.59 Å². The molecule has 0 aromatic heterocycles. The van der Waals surface area contributed by atoms with Gasteiger partial charge in [0, 0.05) is 17.2 Å². The topological polar surface area (TPSA) is 55.4 Å². The van der Waals surface area contributed by atoms with E-state index in [2.05, 4.69) is 5.32 Å². The minimum atomic E-state index is -0.546. The van der Waals surface area contributed by atoms with Gasteiger partial charge >= 0.3 is 6.09 Å². The number of hydrogen-bond donors (Lipinski definition) is 1. The third kappa shape index (κ3) is 5.12. The van der Waals surface area contributed by atoms with E-state index in [0.29, 0.717) is 11.3 Å². The van der Waals surface area contributed by atoms with E-state index in [1.54, 1.807) is 45.0 Å². The van der Waals surface area contributed by atoms with Crippen LogP contribution in [0.1, 0.15) is 45.0 Å².